The Hall–Kier alpha value is -1.81. The molecule has 1 aromatic heterocycles. The normalized spacial score (nSPS) is 15.1. The molecule has 0 fully saturated rings. The first kappa shape index (κ1) is 10.4. The van der Waals surface area contributed by atoms with E-state index in [1.807, 2.05) is 30.1 Å². The number of benzene rings is 1. The van der Waals surface area contributed by atoms with Gasteiger partial charge in [-0.05, 0) is 17.2 Å². The molecule has 0 saturated carbocycles. The van der Waals surface area contributed by atoms with Gasteiger partial charge in [0.1, 0.15) is 0 Å². The van der Waals surface area contributed by atoms with Gasteiger partial charge in [0.2, 0.25) is 0 Å². The van der Waals surface area contributed by atoms with Crippen molar-refractivity contribution in [2.24, 2.45) is 7.05 Å². The zero-order chi connectivity index (χ0) is 11.8. The van der Waals surface area contributed by atoms with Crippen LogP contribution in [-0.2, 0) is 26.7 Å². The second-order valence-electron chi connectivity index (χ2n) is 4.65. The summed E-state index contributed by atoms with van der Waals surface area (Å²) in [6.45, 7) is 2.86. The minimum atomic E-state index is 0.913. The number of hydrogen-bond donors (Lipinski definition) is 1. The molecule has 0 radical (unpaired) electrons. The molecular formula is C13H16N4. The van der Waals surface area contributed by atoms with Crippen LogP contribution in [0.5, 0.6) is 0 Å². The Morgan fingerprint density at radius 1 is 1.35 bits per heavy atom. The molecule has 4 nitrogen and oxygen atoms in total. The van der Waals surface area contributed by atoms with Crippen molar-refractivity contribution in [1.82, 2.24) is 14.7 Å². The first-order chi connectivity index (χ1) is 8.22. The molecule has 0 bridgehead atoms. The van der Waals surface area contributed by atoms with E-state index in [2.05, 4.69) is 22.3 Å². The summed E-state index contributed by atoms with van der Waals surface area (Å²) in [6.07, 6.45) is 3.98. The van der Waals surface area contributed by atoms with Crippen molar-refractivity contribution in [2.75, 3.05) is 5.73 Å². The van der Waals surface area contributed by atoms with Gasteiger partial charge in [-0.15, -0.1) is 0 Å². The van der Waals surface area contributed by atoms with Crippen LogP contribution < -0.4 is 5.73 Å². The first-order valence-corrected chi connectivity index (χ1v) is 5.78. The Balaban J connectivity index is 1.76. The molecule has 0 unspecified atom stereocenters. The predicted molar refractivity (Wildman–Crippen MR) is 67.0 cm³/mol. The summed E-state index contributed by atoms with van der Waals surface area (Å²) >= 11 is 0. The highest BCUT2D eigenvalue weighted by Gasteiger charge is 2.20. The molecule has 88 valence electrons. The van der Waals surface area contributed by atoms with Crippen molar-refractivity contribution in [3.8, 4) is 0 Å². The van der Waals surface area contributed by atoms with Crippen LogP contribution in [-0.4, -0.2) is 14.7 Å². The molecule has 1 aromatic carbocycles. The van der Waals surface area contributed by atoms with Crippen LogP contribution in [0.1, 0.15) is 16.7 Å². The molecule has 1 aliphatic heterocycles. The summed E-state index contributed by atoms with van der Waals surface area (Å²) in [5.74, 6) is 0. The minimum absolute atomic E-state index is 0.913. The van der Waals surface area contributed by atoms with Crippen LogP contribution in [0.25, 0.3) is 0 Å². The number of fused-ring (bicyclic) bond motifs is 1. The van der Waals surface area contributed by atoms with Crippen molar-refractivity contribution in [2.45, 2.75) is 19.6 Å². The molecule has 2 heterocycles. The lowest BCUT2D eigenvalue weighted by atomic mass is 10.1. The van der Waals surface area contributed by atoms with Crippen molar-refractivity contribution < 1.29 is 0 Å². The van der Waals surface area contributed by atoms with E-state index in [0.717, 1.165) is 25.3 Å². The van der Waals surface area contributed by atoms with Crippen molar-refractivity contribution in [3.05, 3.63) is 47.3 Å². The summed E-state index contributed by atoms with van der Waals surface area (Å²) < 4.78 is 1.84. The van der Waals surface area contributed by atoms with E-state index in [9.17, 15) is 0 Å². The van der Waals surface area contributed by atoms with Crippen LogP contribution in [0.3, 0.4) is 0 Å². The molecule has 0 spiro atoms. The number of anilines is 1. The van der Waals surface area contributed by atoms with E-state index in [4.69, 9.17) is 5.73 Å². The Bertz CT molecular complexity index is 544. The van der Waals surface area contributed by atoms with Crippen molar-refractivity contribution in [3.63, 3.8) is 0 Å². The standard InChI is InChI=1S/C13H16N4/c1-16-6-10(5-15-16)7-17-8-11-3-2-4-13(14)12(11)9-17/h2-6H,7-9,14H2,1H3. The van der Waals surface area contributed by atoms with E-state index in [0.29, 0.717) is 0 Å². The molecule has 2 N–H and O–H groups in total. The van der Waals surface area contributed by atoms with Crippen molar-refractivity contribution >= 4 is 5.69 Å². The second kappa shape index (κ2) is 3.89. The third-order valence-electron chi connectivity index (χ3n) is 3.25. The zero-order valence-corrected chi connectivity index (χ0v) is 9.93. The second-order valence-corrected chi connectivity index (χ2v) is 4.65. The highest BCUT2D eigenvalue weighted by atomic mass is 15.2. The number of hydrogen-bond acceptors (Lipinski definition) is 3. The van der Waals surface area contributed by atoms with Gasteiger partial charge in [-0.2, -0.15) is 5.10 Å². The molecule has 0 aliphatic carbocycles. The lowest BCUT2D eigenvalue weighted by molar-refractivity contribution is 0.275. The van der Waals surface area contributed by atoms with E-state index >= 15 is 0 Å². The summed E-state index contributed by atoms with van der Waals surface area (Å²) in [5, 5.41) is 4.19. The smallest absolute Gasteiger partial charge is 0.0534 e. The van der Waals surface area contributed by atoms with E-state index in [1.54, 1.807) is 0 Å². The molecule has 1 aliphatic rings. The first-order valence-electron chi connectivity index (χ1n) is 5.78. The minimum Gasteiger partial charge on any atom is -0.398 e. The van der Waals surface area contributed by atoms with Crippen molar-refractivity contribution in [1.29, 1.82) is 0 Å². The van der Waals surface area contributed by atoms with Gasteiger partial charge in [0.15, 0.2) is 0 Å². The highest BCUT2D eigenvalue weighted by Crippen LogP contribution is 2.28. The Morgan fingerprint density at radius 2 is 2.24 bits per heavy atom. The zero-order valence-electron chi connectivity index (χ0n) is 9.93. The monoisotopic (exact) mass is 228 g/mol. The maximum absolute atomic E-state index is 5.99. The number of nitrogen functional groups attached to an aromatic ring is 1. The van der Waals surface area contributed by atoms with Gasteiger partial charge >= 0.3 is 0 Å². The summed E-state index contributed by atoms with van der Waals surface area (Å²) in [4.78, 5) is 2.39. The fourth-order valence-corrected chi connectivity index (χ4v) is 2.44. The van der Waals surface area contributed by atoms with Crippen LogP contribution >= 0.6 is 0 Å². The maximum Gasteiger partial charge on any atom is 0.0534 e. The SMILES string of the molecule is Cn1cc(CN2Cc3cccc(N)c3C2)cn1. The van der Waals surface area contributed by atoms with Gasteiger partial charge in [-0.25, -0.2) is 0 Å². The number of nitrogens with zero attached hydrogens (tertiary/aromatic N) is 3. The summed E-state index contributed by atoms with van der Waals surface area (Å²) in [6, 6.07) is 6.17. The van der Waals surface area contributed by atoms with Crippen LogP contribution in [0.2, 0.25) is 0 Å². The Labute approximate surface area is 101 Å². The fraction of sp³-hybridized carbons (Fsp3) is 0.308. The molecule has 3 rings (SSSR count). The summed E-state index contributed by atoms with van der Waals surface area (Å²) in [5.41, 5.74) is 10.8. The predicted octanol–water partition coefficient (Wildman–Crippen LogP) is 1.52. The molecule has 0 saturated heterocycles. The number of aromatic nitrogens is 2. The Morgan fingerprint density at radius 3 is 2.94 bits per heavy atom. The Kier molecular flexibility index (Phi) is 2.37. The van der Waals surface area contributed by atoms with Gasteiger partial charge in [0, 0.05) is 44.1 Å². The number of aryl methyl sites for hydroxylation is 1. The van der Waals surface area contributed by atoms with Crippen LogP contribution in [0, 0.1) is 0 Å². The lowest BCUT2D eigenvalue weighted by Crippen LogP contribution is -2.15. The topological polar surface area (TPSA) is 47.1 Å². The quantitative estimate of drug-likeness (QED) is 0.793. The molecule has 2 aromatic rings. The van der Waals surface area contributed by atoms with Gasteiger partial charge in [-0.3, -0.25) is 9.58 Å². The van der Waals surface area contributed by atoms with Gasteiger partial charge < -0.3 is 5.73 Å². The van der Waals surface area contributed by atoms with E-state index in [-0.39, 0.29) is 0 Å². The number of nitrogens with two attached hydrogens (primary N) is 1. The van der Waals surface area contributed by atoms with Crippen LogP contribution in [0.15, 0.2) is 30.6 Å². The average Bonchev–Trinajstić information content (AvgIpc) is 2.86. The molecule has 0 atom stereocenters. The van der Waals surface area contributed by atoms with E-state index in [1.165, 1.54) is 16.7 Å². The fourth-order valence-electron chi connectivity index (χ4n) is 2.44. The summed E-state index contributed by atoms with van der Waals surface area (Å²) in [7, 11) is 1.94. The third-order valence-corrected chi connectivity index (χ3v) is 3.25. The lowest BCUT2D eigenvalue weighted by Gasteiger charge is -2.12. The molecule has 17 heavy (non-hydrogen) atoms. The van der Waals surface area contributed by atoms with Gasteiger partial charge in [0.05, 0.1) is 6.20 Å². The van der Waals surface area contributed by atoms with Crippen LogP contribution in [0.4, 0.5) is 5.69 Å². The van der Waals surface area contributed by atoms with E-state index < -0.39 is 0 Å². The van der Waals surface area contributed by atoms with Gasteiger partial charge in [-0.1, -0.05) is 12.1 Å². The highest BCUT2D eigenvalue weighted by molar-refractivity contribution is 5.52. The molecule has 0 amide bonds. The molecular weight excluding hydrogens is 212 g/mol. The average molecular weight is 228 g/mol. The largest absolute Gasteiger partial charge is 0.398 e. The number of rotatable bonds is 2. The van der Waals surface area contributed by atoms with Gasteiger partial charge in [0.25, 0.3) is 0 Å². The molecule has 4 heteroatoms. The maximum atomic E-state index is 5.99. The third kappa shape index (κ3) is 1.91.